The number of halogens is 3. The Labute approximate surface area is 148 Å². The highest BCUT2D eigenvalue weighted by Crippen LogP contribution is 2.43. The number of methoxy groups -OCH3 is 1. The molecule has 2 aromatic rings. The fourth-order valence-electron chi connectivity index (χ4n) is 3.20. The largest absolute Gasteiger partial charge is 0.482 e. The molecule has 1 N–H and O–H groups in total. The first-order valence-electron chi connectivity index (χ1n) is 7.85. The van der Waals surface area contributed by atoms with Gasteiger partial charge >= 0.3 is 5.97 Å². The molecule has 7 heteroatoms. The van der Waals surface area contributed by atoms with Crippen molar-refractivity contribution < 1.29 is 27.8 Å². The summed E-state index contributed by atoms with van der Waals surface area (Å²) in [6.07, 6.45) is 0. The second-order valence-electron chi connectivity index (χ2n) is 5.99. The third kappa shape index (κ3) is 3.00. The van der Waals surface area contributed by atoms with Gasteiger partial charge in [-0.2, -0.15) is 0 Å². The van der Waals surface area contributed by atoms with Gasteiger partial charge in [0, 0.05) is 12.0 Å². The predicted octanol–water partition coefficient (Wildman–Crippen LogP) is 4.17. The molecule has 0 amide bonds. The van der Waals surface area contributed by atoms with Crippen LogP contribution in [0.15, 0.2) is 47.9 Å². The second kappa shape index (κ2) is 6.74. The van der Waals surface area contributed by atoms with E-state index in [1.165, 1.54) is 30.2 Å². The van der Waals surface area contributed by atoms with E-state index in [4.69, 9.17) is 4.74 Å². The van der Waals surface area contributed by atoms with Crippen LogP contribution in [-0.4, -0.2) is 18.2 Å². The van der Waals surface area contributed by atoms with Crippen molar-refractivity contribution in [3.63, 3.8) is 0 Å². The summed E-state index contributed by atoms with van der Waals surface area (Å²) in [6, 6.07) is 7.71. The van der Waals surface area contributed by atoms with Crippen LogP contribution < -0.4 is 4.90 Å². The third-order valence-corrected chi connectivity index (χ3v) is 4.39. The lowest BCUT2D eigenvalue weighted by molar-refractivity contribution is -0.133. The van der Waals surface area contributed by atoms with E-state index in [1.54, 1.807) is 13.0 Å². The van der Waals surface area contributed by atoms with E-state index in [-0.39, 0.29) is 23.7 Å². The lowest BCUT2D eigenvalue weighted by Gasteiger charge is -2.36. The van der Waals surface area contributed by atoms with Crippen molar-refractivity contribution in [2.75, 3.05) is 12.0 Å². The van der Waals surface area contributed by atoms with Crippen molar-refractivity contribution in [1.82, 2.24) is 0 Å². The summed E-state index contributed by atoms with van der Waals surface area (Å²) in [7, 11) is 1.30. The van der Waals surface area contributed by atoms with Crippen LogP contribution in [0.5, 0.6) is 0 Å². The van der Waals surface area contributed by atoms with Crippen molar-refractivity contribution in [3.05, 3.63) is 76.4 Å². The molecule has 1 atom stereocenters. The van der Waals surface area contributed by atoms with Gasteiger partial charge in [0.25, 0.3) is 0 Å². The highest BCUT2D eigenvalue weighted by atomic mass is 19.2. The summed E-state index contributed by atoms with van der Waals surface area (Å²) < 4.78 is 46.4. The Bertz CT molecular complexity index is 911. The zero-order chi connectivity index (χ0) is 19.0. The van der Waals surface area contributed by atoms with Crippen LogP contribution in [0.25, 0.3) is 0 Å². The number of ether oxygens (including phenoxy) is 1. The molecule has 0 saturated heterocycles. The van der Waals surface area contributed by atoms with Crippen LogP contribution in [0.1, 0.15) is 24.0 Å². The van der Waals surface area contributed by atoms with Crippen LogP contribution in [0.2, 0.25) is 0 Å². The average molecular weight is 363 g/mol. The van der Waals surface area contributed by atoms with E-state index in [0.29, 0.717) is 11.1 Å². The lowest BCUT2D eigenvalue weighted by atomic mass is 9.87. The number of benzene rings is 2. The number of nitrogens with zero attached hydrogens (tertiary/aromatic N) is 1. The van der Waals surface area contributed by atoms with Gasteiger partial charge in [-0.3, -0.25) is 0 Å². The second-order valence-corrected chi connectivity index (χ2v) is 5.99. The Morgan fingerprint density at radius 3 is 2.50 bits per heavy atom. The molecule has 4 nitrogen and oxygen atoms in total. The van der Waals surface area contributed by atoms with E-state index in [1.807, 2.05) is 0 Å². The lowest BCUT2D eigenvalue weighted by Crippen LogP contribution is -2.33. The summed E-state index contributed by atoms with van der Waals surface area (Å²) in [6.45, 7) is 1.61. The molecule has 26 heavy (non-hydrogen) atoms. The van der Waals surface area contributed by atoms with Gasteiger partial charge in [0.2, 0.25) is 5.88 Å². The van der Waals surface area contributed by atoms with Crippen molar-refractivity contribution in [1.29, 1.82) is 0 Å². The molecule has 0 saturated carbocycles. The van der Waals surface area contributed by atoms with Crippen LogP contribution in [0.4, 0.5) is 18.9 Å². The minimum absolute atomic E-state index is 0.00719. The van der Waals surface area contributed by atoms with E-state index < -0.39 is 29.3 Å². The number of carboxylic acids is 1. The molecule has 136 valence electrons. The van der Waals surface area contributed by atoms with Gasteiger partial charge in [0.15, 0.2) is 11.6 Å². The summed E-state index contributed by atoms with van der Waals surface area (Å²) in [5, 5.41) is 9.60. The fourth-order valence-corrected chi connectivity index (χ4v) is 3.20. The Morgan fingerprint density at radius 1 is 1.19 bits per heavy atom. The molecule has 1 aliphatic rings. The standard InChI is InChI=1S/C19H16F3NO3/c1-10-13-7-14(21)15(22)8-16(13)23(18(26-2)17(10)19(24)25)9-11-4-3-5-12(20)6-11/h3-8,10H,9H2,1-2H3,(H,24,25). The minimum atomic E-state index is -1.23. The minimum Gasteiger partial charge on any atom is -0.482 e. The van der Waals surface area contributed by atoms with Crippen molar-refractivity contribution >= 4 is 11.7 Å². The van der Waals surface area contributed by atoms with Crippen LogP contribution in [-0.2, 0) is 16.1 Å². The third-order valence-electron chi connectivity index (χ3n) is 4.39. The number of carbonyl (C=O) groups is 1. The summed E-state index contributed by atoms with van der Waals surface area (Å²) in [5.74, 6) is -4.51. The first-order valence-corrected chi connectivity index (χ1v) is 7.85. The zero-order valence-corrected chi connectivity index (χ0v) is 14.1. The maximum atomic E-state index is 13.9. The van der Waals surface area contributed by atoms with E-state index in [2.05, 4.69) is 0 Å². The molecule has 1 unspecified atom stereocenters. The number of fused-ring (bicyclic) bond motifs is 1. The number of aliphatic carboxylic acids is 1. The van der Waals surface area contributed by atoms with Crippen molar-refractivity contribution in [3.8, 4) is 0 Å². The molecule has 0 aromatic heterocycles. The zero-order valence-electron chi connectivity index (χ0n) is 14.1. The van der Waals surface area contributed by atoms with Gasteiger partial charge < -0.3 is 14.7 Å². The van der Waals surface area contributed by atoms with Crippen LogP contribution in [0, 0.1) is 17.5 Å². The van der Waals surface area contributed by atoms with Crippen molar-refractivity contribution in [2.45, 2.75) is 19.4 Å². The first kappa shape index (κ1) is 17.8. The molecule has 0 spiro atoms. The van der Waals surface area contributed by atoms with Gasteiger partial charge in [-0.1, -0.05) is 19.1 Å². The number of hydrogen-bond acceptors (Lipinski definition) is 3. The van der Waals surface area contributed by atoms with Gasteiger partial charge in [-0.05, 0) is 29.3 Å². The summed E-state index contributed by atoms with van der Waals surface area (Å²) in [4.78, 5) is 13.2. The molecular formula is C19H16F3NO3. The number of hydrogen-bond donors (Lipinski definition) is 1. The molecule has 0 radical (unpaired) electrons. The number of anilines is 1. The average Bonchev–Trinajstić information content (AvgIpc) is 2.58. The van der Waals surface area contributed by atoms with Gasteiger partial charge in [0.05, 0.1) is 19.3 Å². The summed E-state index contributed by atoms with van der Waals surface area (Å²) >= 11 is 0. The predicted molar refractivity (Wildman–Crippen MR) is 89.0 cm³/mol. The van der Waals surface area contributed by atoms with E-state index in [9.17, 15) is 23.1 Å². The maximum Gasteiger partial charge on any atom is 0.337 e. The molecule has 3 rings (SSSR count). The molecule has 0 fully saturated rings. The Balaban J connectivity index is 2.20. The smallest absolute Gasteiger partial charge is 0.337 e. The Hall–Kier alpha value is -2.96. The first-order chi connectivity index (χ1) is 12.3. The Kier molecular flexibility index (Phi) is 4.63. The Morgan fingerprint density at radius 2 is 1.88 bits per heavy atom. The molecular weight excluding hydrogens is 347 g/mol. The topological polar surface area (TPSA) is 49.8 Å². The number of rotatable bonds is 4. The quantitative estimate of drug-likeness (QED) is 0.886. The highest BCUT2D eigenvalue weighted by molar-refractivity contribution is 5.92. The van der Waals surface area contributed by atoms with Gasteiger partial charge in [0.1, 0.15) is 11.4 Å². The van der Waals surface area contributed by atoms with Gasteiger partial charge in [-0.25, -0.2) is 18.0 Å². The monoisotopic (exact) mass is 363 g/mol. The molecule has 2 aromatic carbocycles. The van der Waals surface area contributed by atoms with Crippen LogP contribution in [0.3, 0.4) is 0 Å². The fraction of sp³-hybridized carbons (Fsp3) is 0.211. The van der Waals surface area contributed by atoms with Crippen molar-refractivity contribution in [2.24, 2.45) is 0 Å². The SMILES string of the molecule is COC1=C(C(=O)O)C(C)c2cc(F)c(F)cc2N1Cc1cccc(F)c1. The van der Waals surface area contributed by atoms with Crippen LogP contribution >= 0.6 is 0 Å². The van der Waals surface area contributed by atoms with Gasteiger partial charge in [-0.15, -0.1) is 0 Å². The molecule has 1 aliphatic heterocycles. The van der Waals surface area contributed by atoms with E-state index in [0.717, 1.165) is 12.1 Å². The van der Waals surface area contributed by atoms with E-state index >= 15 is 0 Å². The molecule has 1 heterocycles. The normalized spacial score (nSPS) is 16.5. The maximum absolute atomic E-state index is 13.9. The molecule has 0 aliphatic carbocycles. The molecule has 0 bridgehead atoms. The highest BCUT2D eigenvalue weighted by Gasteiger charge is 2.36. The number of carboxylic acid groups (broad SMARTS) is 1. The summed E-state index contributed by atoms with van der Waals surface area (Å²) in [5.41, 5.74) is 1.04.